The van der Waals surface area contributed by atoms with Crippen LogP contribution in [-0.2, 0) is 17.8 Å². The first-order valence-corrected chi connectivity index (χ1v) is 7.72. The van der Waals surface area contributed by atoms with E-state index in [-0.39, 0.29) is 17.9 Å². The molecule has 0 bridgehead atoms. The fourth-order valence-electron chi connectivity index (χ4n) is 2.66. The number of carbonyl (C=O) groups excluding carboxylic acids is 1. The molecule has 1 fully saturated rings. The van der Waals surface area contributed by atoms with E-state index in [9.17, 15) is 9.18 Å². The summed E-state index contributed by atoms with van der Waals surface area (Å²) in [6.07, 6.45) is 5.92. The molecule has 23 heavy (non-hydrogen) atoms. The molecule has 0 N–H and O–H groups in total. The van der Waals surface area contributed by atoms with Crippen molar-refractivity contribution in [3.05, 3.63) is 42.4 Å². The van der Waals surface area contributed by atoms with Gasteiger partial charge in [0.15, 0.2) is 0 Å². The molecule has 0 radical (unpaired) electrons. The minimum absolute atomic E-state index is 0.0263. The predicted molar refractivity (Wildman–Crippen MR) is 81.4 cm³/mol. The third-order valence-electron chi connectivity index (χ3n) is 3.92. The smallest absolute Gasteiger partial charge is 0.254 e. The lowest BCUT2D eigenvalue weighted by Crippen LogP contribution is -2.33. The summed E-state index contributed by atoms with van der Waals surface area (Å²) in [7, 11) is 0. The second-order valence-corrected chi connectivity index (χ2v) is 5.52. The van der Waals surface area contributed by atoms with Crippen LogP contribution in [0.4, 0.5) is 4.39 Å². The maximum absolute atomic E-state index is 14.1. The zero-order valence-electron chi connectivity index (χ0n) is 13.0. The number of hydrogen-bond donors (Lipinski definition) is 0. The van der Waals surface area contributed by atoms with Gasteiger partial charge in [-0.3, -0.25) is 4.79 Å². The Hall–Kier alpha value is -2.44. The zero-order valence-corrected chi connectivity index (χ0v) is 13.0. The van der Waals surface area contributed by atoms with E-state index >= 15 is 0 Å². The van der Waals surface area contributed by atoms with Crippen LogP contribution in [0.1, 0.15) is 19.0 Å². The second-order valence-electron chi connectivity index (χ2n) is 5.52. The van der Waals surface area contributed by atoms with Crippen LogP contribution in [0.3, 0.4) is 0 Å². The molecule has 1 aliphatic heterocycles. The minimum atomic E-state index is -0.507. The Balaban J connectivity index is 1.59. The fourth-order valence-corrected chi connectivity index (χ4v) is 2.66. The summed E-state index contributed by atoms with van der Waals surface area (Å²) in [6.45, 7) is 3.19. The lowest BCUT2D eigenvalue weighted by atomic mass is 10.3. The fraction of sp³-hybridized carbons (Fsp3) is 0.438. The van der Waals surface area contributed by atoms with Crippen molar-refractivity contribution in [2.75, 3.05) is 13.1 Å². The number of hydrogen-bond acceptors (Lipinski definition) is 4. The summed E-state index contributed by atoms with van der Waals surface area (Å²) in [5.74, 6) is -0.501. The number of aryl methyl sites for hydroxylation is 1. The Morgan fingerprint density at radius 3 is 2.91 bits per heavy atom. The van der Waals surface area contributed by atoms with E-state index in [4.69, 9.17) is 4.74 Å². The van der Waals surface area contributed by atoms with Crippen LogP contribution in [0.5, 0.6) is 5.88 Å². The summed E-state index contributed by atoms with van der Waals surface area (Å²) in [5, 5.41) is 0. The van der Waals surface area contributed by atoms with Crippen LogP contribution in [0.15, 0.2) is 30.9 Å². The SMILES string of the molecule is CCc1ncnc(O[C@@H]2CCN(C(=O)Cn3cccc3)C2)c1F. The van der Waals surface area contributed by atoms with Crippen LogP contribution in [-0.4, -0.2) is 44.5 Å². The first-order chi connectivity index (χ1) is 11.2. The van der Waals surface area contributed by atoms with Gasteiger partial charge in [-0.05, 0) is 18.6 Å². The third-order valence-corrected chi connectivity index (χ3v) is 3.92. The summed E-state index contributed by atoms with van der Waals surface area (Å²) in [6, 6.07) is 3.76. The average Bonchev–Trinajstić information content (AvgIpc) is 3.21. The molecule has 2 aromatic heterocycles. The van der Waals surface area contributed by atoms with Crippen LogP contribution in [0, 0.1) is 5.82 Å². The first kappa shape index (κ1) is 15.5. The summed E-state index contributed by atoms with van der Waals surface area (Å²) in [4.78, 5) is 21.7. The van der Waals surface area contributed by atoms with E-state index < -0.39 is 5.82 Å². The first-order valence-electron chi connectivity index (χ1n) is 7.72. The number of rotatable bonds is 5. The Bertz CT molecular complexity index is 675. The van der Waals surface area contributed by atoms with Gasteiger partial charge in [-0.15, -0.1) is 0 Å². The number of carbonyl (C=O) groups is 1. The van der Waals surface area contributed by atoms with Crippen molar-refractivity contribution in [2.45, 2.75) is 32.4 Å². The maximum Gasteiger partial charge on any atom is 0.254 e. The van der Waals surface area contributed by atoms with Crippen molar-refractivity contribution >= 4 is 5.91 Å². The van der Waals surface area contributed by atoms with Crippen LogP contribution in [0.2, 0.25) is 0 Å². The molecular weight excluding hydrogens is 299 g/mol. The summed E-state index contributed by atoms with van der Waals surface area (Å²) in [5.41, 5.74) is 0.341. The van der Waals surface area contributed by atoms with Gasteiger partial charge in [-0.25, -0.2) is 4.98 Å². The van der Waals surface area contributed by atoms with E-state index in [1.54, 1.807) is 4.90 Å². The molecule has 2 aromatic rings. The predicted octanol–water partition coefficient (Wildman–Crippen LogP) is 1.66. The molecule has 6 nitrogen and oxygen atoms in total. The molecule has 0 aliphatic carbocycles. The van der Waals surface area contributed by atoms with Crippen molar-refractivity contribution in [1.82, 2.24) is 19.4 Å². The Labute approximate surface area is 133 Å². The lowest BCUT2D eigenvalue weighted by molar-refractivity contribution is -0.131. The van der Waals surface area contributed by atoms with E-state index in [0.717, 1.165) is 0 Å². The van der Waals surface area contributed by atoms with Gasteiger partial charge in [0, 0.05) is 25.4 Å². The van der Waals surface area contributed by atoms with E-state index in [1.807, 2.05) is 36.0 Å². The number of amides is 1. The van der Waals surface area contributed by atoms with Gasteiger partial charge < -0.3 is 14.2 Å². The highest BCUT2D eigenvalue weighted by molar-refractivity contribution is 5.76. The van der Waals surface area contributed by atoms with Crippen molar-refractivity contribution < 1.29 is 13.9 Å². The Morgan fingerprint density at radius 1 is 1.39 bits per heavy atom. The molecule has 0 spiro atoms. The van der Waals surface area contributed by atoms with Crippen molar-refractivity contribution in [1.29, 1.82) is 0 Å². The van der Waals surface area contributed by atoms with E-state index in [1.165, 1.54) is 6.33 Å². The highest BCUT2D eigenvalue weighted by atomic mass is 19.1. The van der Waals surface area contributed by atoms with Crippen LogP contribution in [0.25, 0.3) is 0 Å². The number of ether oxygens (including phenoxy) is 1. The van der Waals surface area contributed by atoms with E-state index in [0.29, 0.717) is 38.2 Å². The van der Waals surface area contributed by atoms with Gasteiger partial charge >= 0.3 is 0 Å². The molecule has 7 heteroatoms. The van der Waals surface area contributed by atoms with E-state index in [2.05, 4.69) is 9.97 Å². The molecule has 122 valence electrons. The second kappa shape index (κ2) is 6.76. The molecule has 3 rings (SSSR count). The molecule has 1 atom stereocenters. The van der Waals surface area contributed by atoms with Crippen molar-refractivity contribution in [3.8, 4) is 5.88 Å². The number of nitrogens with zero attached hydrogens (tertiary/aromatic N) is 4. The topological polar surface area (TPSA) is 60.3 Å². The van der Waals surface area contributed by atoms with Crippen molar-refractivity contribution in [2.24, 2.45) is 0 Å². The Kier molecular flexibility index (Phi) is 4.55. The van der Waals surface area contributed by atoms with Gasteiger partial charge in [0.2, 0.25) is 11.7 Å². The van der Waals surface area contributed by atoms with Crippen LogP contribution < -0.4 is 4.74 Å². The highest BCUT2D eigenvalue weighted by Gasteiger charge is 2.28. The quantitative estimate of drug-likeness (QED) is 0.841. The number of halogens is 1. The Morgan fingerprint density at radius 2 is 2.17 bits per heavy atom. The maximum atomic E-state index is 14.1. The largest absolute Gasteiger partial charge is 0.470 e. The third kappa shape index (κ3) is 3.49. The van der Waals surface area contributed by atoms with Gasteiger partial charge in [0.25, 0.3) is 5.88 Å². The average molecular weight is 318 g/mol. The standard InChI is InChI=1S/C16H19FN4O2/c1-2-13-15(17)16(19-11-18-13)23-12-5-8-21(9-12)14(22)10-20-6-3-4-7-20/h3-4,6-7,11-12H,2,5,8-10H2,1H3/t12-/m1/s1. The molecule has 1 amide bonds. The lowest BCUT2D eigenvalue weighted by Gasteiger charge is -2.17. The van der Waals surface area contributed by atoms with Gasteiger partial charge in [-0.2, -0.15) is 9.37 Å². The number of aromatic nitrogens is 3. The van der Waals surface area contributed by atoms with Gasteiger partial charge in [-0.1, -0.05) is 6.92 Å². The summed E-state index contributed by atoms with van der Waals surface area (Å²) >= 11 is 0. The van der Waals surface area contributed by atoms with Crippen LogP contribution >= 0.6 is 0 Å². The monoisotopic (exact) mass is 318 g/mol. The van der Waals surface area contributed by atoms with Crippen molar-refractivity contribution in [3.63, 3.8) is 0 Å². The zero-order chi connectivity index (χ0) is 16.2. The normalized spacial score (nSPS) is 17.5. The molecule has 1 saturated heterocycles. The molecule has 1 aliphatic rings. The molecule has 0 saturated carbocycles. The molecular formula is C16H19FN4O2. The molecule has 3 heterocycles. The highest BCUT2D eigenvalue weighted by Crippen LogP contribution is 2.21. The number of likely N-dealkylation sites (tertiary alicyclic amines) is 1. The van der Waals surface area contributed by atoms with Gasteiger partial charge in [0.1, 0.15) is 19.0 Å². The van der Waals surface area contributed by atoms with Gasteiger partial charge in [0.05, 0.1) is 12.2 Å². The molecule has 0 unspecified atom stereocenters. The molecule has 0 aromatic carbocycles. The minimum Gasteiger partial charge on any atom is -0.470 e. The summed E-state index contributed by atoms with van der Waals surface area (Å²) < 4.78 is 21.6.